The van der Waals surface area contributed by atoms with Gasteiger partial charge >= 0.3 is 5.97 Å². The second-order valence-corrected chi connectivity index (χ2v) is 3.19. The molecule has 2 atom stereocenters. The molecule has 1 aliphatic carbocycles. The van der Waals surface area contributed by atoms with E-state index in [-0.39, 0.29) is 11.9 Å². The van der Waals surface area contributed by atoms with Crippen LogP contribution in [0.5, 0.6) is 0 Å². The summed E-state index contributed by atoms with van der Waals surface area (Å²) in [6, 6.07) is 0. The standard InChI is InChI=1S/C9H16O2/c1-4-6-7(5-2)8(6)9(10)11-3/h6-8H,4-5H2,1-3H3. The molecule has 0 radical (unpaired) electrons. The van der Waals surface area contributed by atoms with Crippen molar-refractivity contribution in [2.75, 3.05) is 7.11 Å². The van der Waals surface area contributed by atoms with E-state index < -0.39 is 0 Å². The van der Waals surface area contributed by atoms with Gasteiger partial charge < -0.3 is 4.74 Å². The van der Waals surface area contributed by atoms with Crippen LogP contribution >= 0.6 is 0 Å². The molecule has 2 unspecified atom stereocenters. The molecule has 0 aromatic carbocycles. The minimum atomic E-state index is -0.0105. The maximum atomic E-state index is 11.1. The summed E-state index contributed by atoms with van der Waals surface area (Å²) in [4.78, 5) is 11.1. The molecule has 64 valence electrons. The molecule has 1 aliphatic rings. The zero-order valence-corrected chi connectivity index (χ0v) is 7.46. The first-order valence-corrected chi connectivity index (χ1v) is 4.34. The molecule has 0 aromatic heterocycles. The summed E-state index contributed by atoms with van der Waals surface area (Å²) >= 11 is 0. The van der Waals surface area contributed by atoms with Crippen LogP contribution in [0.15, 0.2) is 0 Å². The highest BCUT2D eigenvalue weighted by Crippen LogP contribution is 2.50. The van der Waals surface area contributed by atoms with Gasteiger partial charge in [0.05, 0.1) is 13.0 Å². The third-order valence-electron chi connectivity index (χ3n) is 2.75. The fraction of sp³-hybridized carbons (Fsp3) is 0.889. The van der Waals surface area contributed by atoms with Gasteiger partial charge in [0, 0.05) is 0 Å². The van der Waals surface area contributed by atoms with E-state index in [9.17, 15) is 4.79 Å². The fourth-order valence-electron chi connectivity index (χ4n) is 2.04. The van der Waals surface area contributed by atoms with Gasteiger partial charge in [0.25, 0.3) is 0 Å². The quantitative estimate of drug-likeness (QED) is 0.583. The Labute approximate surface area is 67.9 Å². The zero-order chi connectivity index (χ0) is 8.43. The molecule has 0 aromatic rings. The number of hydrogen-bond acceptors (Lipinski definition) is 2. The first-order valence-electron chi connectivity index (χ1n) is 4.34. The molecular weight excluding hydrogens is 140 g/mol. The topological polar surface area (TPSA) is 26.3 Å². The molecule has 0 heterocycles. The van der Waals surface area contributed by atoms with Crippen molar-refractivity contribution in [3.05, 3.63) is 0 Å². The lowest BCUT2D eigenvalue weighted by molar-refractivity contribution is -0.142. The second kappa shape index (κ2) is 3.24. The number of methoxy groups -OCH3 is 1. The predicted octanol–water partition coefficient (Wildman–Crippen LogP) is 1.84. The Morgan fingerprint density at radius 2 is 1.73 bits per heavy atom. The molecular formula is C9H16O2. The van der Waals surface area contributed by atoms with Crippen molar-refractivity contribution in [1.82, 2.24) is 0 Å². The Balaban J connectivity index is 2.44. The van der Waals surface area contributed by atoms with E-state index in [1.165, 1.54) is 7.11 Å². The smallest absolute Gasteiger partial charge is 0.309 e. The number of rotatable bonds is 3. The lowest BCUT2D eigenvalue weighted by Gasteiger charge is -1.94. The SMILES string of the molecule is CCC1C(CC)C1C(=O)OC. The molecule has 0 amide bonds. The van der Waals surface area contributed by atoms with Gasteiger partial charge in [0.1, 0.15) is 0 Å². The molecule has 2 nitrogen and oxygen atoms in total. The van der Waals surface area contributed by atoms with Gasteiger partial charge in [-0.1, -0.05) is 26.7 Å². The summed E-state index contributed by atoms with van der Waals surface area (Å²) < 4.78 is 4.70. The fourth-order valence-corrected chi connectivity index (χ4v) is 2.04. The van der Waals surface area contributed by atoms with Crippen LogP contribution in [0.25, 0.3) is 0 Å². The van der Waals surface area contributed by atoms with Crippen LogP contribution in [0.3, 0.4) is 0 Å². The van der Waals surface area contributed by atoms with Crippen molar-refractivity contribution >= 4 is 5.97 Å². The van der Waals surface area contributed by atoms with Crippen LogP contribution in [0.2, 0.25) is 0 Å². The molecule has 2 heteroatoms. The van der Waals surface area contributed by atoms with Gasteiger partial charge in [-0.25, -0.2) is 0 Å². The van der Waals surface area contributed by atoms with Crippen LogP contribution in [0.4, 0.5) is 0 Å². The van der Waals surface area contributed by atoms with E-state index >= 15 is 0 Å². The highest BCUT2D eigenvalue weighted by atomic mass is 16.5. The predicted molar refractivity (Wildman–Crippen MR) is 43.1 cm³/mol. The lowest BCUT2D eigenvalue weighted by atomic mass is 10.2. The Bertz CT molecular complexity index is 144. The lowest BCUT2D eigenvalue weighted by Crippen LogP contribution is -2.05. The van der Waals surface area contributed by atoms with E-state index in [2.05, 4.69) is 13.8 Å². The van der Waals surface area contributed by atoms with Crippen LogP contribution in [-0.2, 0) is 9.53 Å². The Hall–Kier alpha value is -0.530. The molecule has 0 saturated heterocycles. The van der Waals surface area contributed by atoms with Gasteiger partial charge in [0.15, 0.2) is 0 Å². The van der Waals surface area contributed by atoms with Crippen molar-refractivity contribution in [2.45, 2.75) is 26.7 Å². The van der Waals surface area contributed by atoms with Crippen molar-refractivity contribution in [3.8, 4) is 0 Å². The van der Waals surface area contributed by atoms with Gasteiger partial charge in [0.2, 0.25) is 0 Å². The average molecular weight is 156 g/mol. The Kier molecular flexibility index (Phi) is 2.53. The van der Waals surface area contributed by atoms with E-state index in [1.54, 1.807) is 0 Å². The molecule has 0 N–H and O–H groups in total. The summed E-state index contributed by atoms with van der Waals surface area (Å²) in [7, 11) is 1.47. The molecule has 0 bridgehead atoms. The van der Waals surface area contributed by atoms with Crippen molar-refractivity contribution in [1.29, 1.82) is 0 Å². The summed E-state index contributed by atoms with van der Waals surface area (Å²) in [6.07, 6.45) is 2.22. The maximum Gasteiger partial charge on any atom is 0.309 e. The molecule has 11 heavy (non-hydrogen) atoms. The van der Waals surface area contributed by atoms with Gasteiger partial charge in [-0.2, -0.15) is 0 Å². The minimum Gasteiger partial charge on any atom is -0.469 e. The Morgan fingerprint density at radius 1 is 1.27 bits per heavy atom. The first kappa shape index (κ1) is 8.57. The van der Waals surface area contributed by atoms with Crippen LogP contribution in [0.1, 0.15) is 26.7 Å². The Morgan fingerprint density at radius 3 is 2.00 bits per heavy atom. The third-order valence-corrected chi connectivity index (χ3v) is 2.75. The van der Waals surface area contributed by atoms with Crippen molar-refractivity contribution in [3.63, 3.8) is 0 Å². The number of hydrogen-bond donors (Lipinski definition) is 0. The number of ether oxygens (including phenoxy) is 1. The number of carbonyl (C=O) groups is 1. The summed E-state index contributed by atoms with van der Waals surface area (Å²) in [5, 5.41) is 0. The summed E-state index contributed by atoms with van der Waals surface area (Å²) in [6.45, 7) is 4.27. The highest BCUT2D eigenvalue weighted by Gasteiger charge is 2.52. The van der Waals surface area contributed by atoms with Crippen molar-refractivity contribution < 1.29 is 9.53 Å². The average Bonchev–Trinajstić information content (AvgIpc) is 2.76. The molecule has 0 spiro atoms. The zero-order valence-electron chi connectivity index (χ0n) is 7.46. The van der Waals surface area contributed by atoms with E-state index in [0.29, 0.717) is 11.8 Å². The molecule has 1 rings (SSSR count). The molecule has 1 saturated carbocycles. The van der Waals surface area contributed by atoms with Gasteiger partial charge in [-0.05, 0) is 11.8 Å². The highest BCUT2D eigenvalue weighted by molar-refractivity contribution is 5.76. The first-order chi connectivity index (χ1) is 5.26. The second-order valence-electron chi connectivity index (χ2n) is 3.19. The van der Waals surface area contributed by atoms with Gasteiger partial charge in [-0.15, -0.1) is 0 Å². The van der Waals surface area contributed by atoms with E-state index in [4.69, 9.17) is 4.74 Å². The van der Waals surface area contributed by atoms with Gasteiger partial charge in [-0.3, -0.25) is 4.79 Å². The van der Waals surface area contributed by atoms with E-state index in [0.717, 1.165) is 12.8 Å². The normalized spacial score (nSPS) is 35.0. The van der Waals surface area contributed by atoms with E-state index in [1.807, 2.05) is 0 Å². The monoisotopic (exact) mass is 156 g/mol. The molecule has 0 aliphatic heterocycles. The van der Waals surface area contributed by atoms with Crippen LogP contribution in [0, 0.1) is 17.8 Å². The van der Waals surface area contributed by atoms with Crippen molar-refractivity contribution in [2.24, 2.45) is 17.8 Å². The maximum absolute atomic E-state index is 11.1. The molecule has 1 fully saturated rings. The third kappa shape index (κ3) is 1.39. The number of esters is 1. The van der Waals surface area contributed by atoms with Crippen LogP contribution < -0.4 is 0 Å². The minimum absolute atomic E-state index is 0.0105. The largest absolute Gasteiger partial charge is 0.469 e. The summed E-state index contributed by atoms with van der Waals surface area (Å²) in [5.74, 6) is 1.42. The number of carbonyl (C=O) groups excluding carboxylic acids is 1. The summed E-state index contributed by atoms with van der Waals surface area (Å²) in [5.41, 5.74) is 0. The van der Waals surface area contributed by atoms with Crippen LogP contribution in [-0.4, -0.2) is 13.1 Å².